The van der Waals surface area contributed by atoms with Gasteiger partial charge in [-0.2, -0.15) is 0 Å². The summed E-state index contributed by atoms with van der Waals surface area (Å²) in [4.78, 5) is 25.5. The van der Waals surface area contributed by atoms with Gasteiger partial charge in [0.05, 0.1) is 6.10 Å². The molecule has 1 saturated carbocycles. The van der Waals surface area contributed by atoms with E-state index in [-0.39, 0.29) is 24.0 Å². The molecule has 0 bridgehead atoms. The van der Waals surface area contributed by atoms with Crippen molar-refractivity contribution in [1.82, 2.24) is 5.32 Å². The number of hydrogen-bond donors (Lipinski definition) is 2. The van der Waals surface area contributed by atoms with Crippen LogP contribution in [0.5, 0.6) is 0 Å². The quantitative estimate of drug-likeness (QED) is 0.833. The molecule has 1 heterocycles. The third-order valence-electron chi connectivity index (χ3n) is 4.75. The summed E-state index contributed by atoms with van der Waals surface area (Å²) >= 11 is 0. The third-order valence-corrected chi connectivity index (χ3v) is 4.75. The molecule has 0 unspecified atom stereocenters. The van der Waals surface area contributed by atoms with Crippen LogP contribution < -0.4 is 10.2 Å². The molecule has 1 aromatic carbocycles. The van der Waals surface area contributed by atoms with Gasteiger partial charge in [0.25, 0.3) is 0 Å². The fourth-order valence-corrected chi connectivity index (χ4v) is 3.33. The first-order valence-corrected chi connectivity index (χ1v) is 8.69. The van der Waals surface area contributed by atoms with Crippen LogP contribution in [0.1, 0.15) is 44.1 Å². The summed E-state index contributed by atoms with van der Waals surface area (Å²) in [5, 5.41) is 12.5. The summed E-state index contributed by atoms with van der Waals surface area (Å²) in [7, 11) is 0. The lowest BCUT2D eigenvalue weighted by molar-refractivity contribution is -0.118. The van der Waals surface area contributed by atoms with Gasteiger partial charge in [-0.15, -0.1) is 0 Å². The first-order chi connectivity index (χ1) is 11.6. The van der Waals surface area contributed by atoms with Crippen molar-refractivity contribution in [2.24, 2.45) is 0 Å². The zero-order chi connectivity index (χ0) is 16.9. The number of benzene rings is 1. The summed E-state index contributed by atoms with van der Waals surface area (Å²) in [5.41, 5.74) is 1.85. The molecule has 0 atom stereocenters. The van der Waals surface area contributed by atoms with Crippen molar-refractivity contribution in [2.75, 3.05) is 11.4 Å². The van der Waals surface area contributed by atoms with E-state index in [9.17, 15) is 14.7 Å². The van der Waals surface area contributed by atoms with Crippen molar-refractivity contribution >= 4 is 23.6 Å². The number of carbonyl (C=O) groups is 2. The van der Waals surface area contributed by atoms with E-state index in [0.717, 1.165) is 49.9 Å². The van der Waals surface area contributed by atoms with Gasteiger partial charge in [-0.1, -0.05) is 12.1 Å². The van der Waals surface area contributed by atoms with Gasteiger partial charge >= 0.3 is 0 Å². The Morgan fingerprint density at radius 1 is 1.17 bits per heavy atom. The molecule has 0 spiro atoms. The van der Waals surface area contributed by atoms with Gasteiger partial charge in [-0.05, 0) is 55.9 Å². The molecule has 0 aromatic heterocycles. The van der Waals surface area contributed by atoms with E-state index in [1.165, 1.54) is 0 Å². The Hall–Kier alpha value is -2.14. The second kappa shape index (κ2) is 7.62. The zero-order valence-electron chi connectivity index (χ0n) is 13.8. The van der Waals surface area contributed by atoms with Gasteiger partial charge in [0.2, 0.25) is 11.8 Å². The highest BCUT2D eigenvalue weighted by Crippen LogP contribution is 2.22. The SMILES string of the molecule is O=C(/C=C/c1ccc(N2CCCC2=O)cc1)NC1CCC(O)CC1. The fraction of sp³-hybridized carbons (Fsp3) is 0.474. The number of aliphatic hydroxyl groups excluding tert-OH is 1. The van der Waals surface area contributed by atoms with Crippen molar-refractivity contribution in [1.29, 1.82) is 0 Å². The standard InChI is InChI=1S/C19H24N2O3/c22-17-10-6-15(7-11-17)20-18(23)12-5-14-3-8-16(9-4-14)21-13-1-2-19(21)24/h3-5,8-9,12,15,17,22H,1-2,6-7,10-11,13H2,(H,20,23)/b12-5+. The van der Waals surface area contributed by atoms with Crippen LogP contribution >= 0.6 is 0 Å². The van der Waals surface area contributed by atoms with Gasteiger partial charge in [0.15, 0.2) is 0 Å². The molecule has 1 aromatic rings. The zero-order valence-corrected chi connectivity index (χ0v) is 13.8. The maximum absolute atomic E-state index is 12.0. The lowest BCUT2D eigenvalue weighted by atomic mass is 9.93. The molecule has 3 rings (SSSR count). The number of anilines is 1. The number of nitrogens with zero attached hydrogens (tertiary/aromatic N) is 1. The van der Waals surface area contributed by atoms with Crippen molar-refractivity contribution in [3.8, 4) is 0 Å². The van der Waals surface area contributed by atoms with Gasteiger partial charge in [0, 0.05) is 30.8 Å². The predicted octanol–water partition coefficient (Wildman–Crippen LogP) is 2.25. The van der Waals surface area contributed by atoms with E-state index in [1.807, 2.05) is 24.3 Å². The van der Waals surface area contributed by atoms with Crippen LogP contribution in [0.3, 0.4) is 0 Å². The summed E-state index contributed by atoms with van der Waals surface area (Å²) in [5.74, 6) is 0.0745. The number of rotatable bonds is 4. The van der Waals surface area contributed by atoms with Gasteiger partial charge in [0.1, 0.15) is 0 Å². The monoisotopic (exact) mass is 328 g/mol. The summed E-state index contributed by atoms with van der Waals surface area (Å²) in [6, 6.07) is 7.84. The summed E-state index contributed by atoms with van der Waals surface area (Å²) < 4.78 is 0. The average molecular weight is 328 g/mol. The van der Waals surface area contributed by atoms with Crippen molar-refractivity contribution in [3.63, 3.8) is 0 Å². The Bertz CT molecular complexity index is 616. The highest BCUT2D eigenvalue weighted by molar-refractivity contribution is 5.95. The largest absolute Gasteiger partial charge is 0.393 e. The average Bonchev–Trinajstić information content (AvgIpc) is 3.02. The molecule has 128 valence electrons. The number of hydrogen-bond acceptors (Lipinski definition) is 3. The van der Waals surface area contributed by atoms with Crippen LogP contribution in [-0.2, 0) is 9.59 Å². The molecule has 5 nitrogen and oxygen atoms in total. The topological polar surface area (TPSA) is 69.6 Å². The Labute approximate surface area is 142 Å². The maximum Gasteiger partial charge on any atom is 0.244 e. The number of amides is 2. The Balaban J connectivity index is 1.52. The molecule has 1 saturated heterocycles. The van der Waals surface area contributed by atoms with Crippen LogP contribution in [-0.4, -0.2) is 35.6 Å². The van der Waals surface area contributed by atoms with Gasteiger partial charge in [-0.25, -0.2) is 0 Å². The van der Waals surface area contributed by atoms with Crippen LogP contribution in [0.4, 0.5) is 5.69 Å². The molecule has 1 aliphatic carbocycles. The molecule has 2 aliphatic rings. The first kappa shape index (κ1) is 16.7. The highest BCUT2D eigenvalue weighted by atomic mass is 16.3. The van der Waals surface area contributed by atoms with E-state index >= 15 is 0 Å². The van der Waals surface area contributed by atoms with Crippen LogP contribution in [0.2, 0.25) is 0 Å². The Morgan fingerprint density at radius 2 is 1.88 bits per heavy atom. The minimum Gasteiger partial charge on any atom is -0.393 e. The van der Waals surface area contributed by atoms with Crippen molar-refractivity contribution < 1.29 is 14.7 Å². The van der Waals surface area contributed by atoms with Crippen molar-refractivity contribution in [2.45, 2.75) is 50.7 Å². The molecule has 1 aliphatic heterocycles. The lowest BCUT2D eigenvalue weighted by Gasteiger charge is -2.25. The molecule has 2 N–H and O–H groups in total. The smallest absolute Gasteiger partial charge is 0.244 e. The molecular formula is C19H24N2O3. The Morgan fingerprint density at radius 3 is 2.50 bits per heavy atom. The van der Waals surface area contributed by atoms with E-state index < -0.39 is 0 Å². The summed E-state index contributed by atoms with van der Waals surface area (Å²) in [6.45, 7) is 0.784. The first-order valence-electron chi connectivity index (χ1n) is 8.69. The molecular weight excluding hydrogens is 304 g/mol. The van der Waals surface area contributed by atoms with Crippen LogP contribution in [0.15, 0.2) is 30.3 Å². The number of aliphatic hydroxyl groups is 1. The minimum absolute atomic E-state index is 0.102. The number of carbonyl (C=O) groups excluding carboxylic acids is 2. The van der Waals surface area contributed by atoms with Gasteiger partial charge < -0.3 is 15.3 Å². The predicted molar refractivity (Wildman–Crippen MR) is 93.5 cm³/mol. The summed E-state index contributed by atoms with van der Waals surface area (Å²) in [6.07, 6.45) is 7.83. The van der Waals surface area contributed by atoms with Crippen LogP contribution in [0, 0.1) is 0 Å². The molecule has 24 heavy (non-hydrogen) atoms. The second-order valence-corrected chi connectivity index (χ2v) is 6.59. The Kier molecular flexibility index (Phi) is 5.30. The normalized spacial score (nSPS) is 24.5. The minimum atomic E-state index is -0.213. The molecule has 2 fully saturated rings. The molecule has 0 radical (unpaired) electrons. The molecule has 2 amide bonds. The van der Waals surface area contributed by atoms with E-state index in [0.29, 0.717) is 6.42 Å². The fourth-order valence-electron chi connectivity index (χ4n) is 3.33. The van der Waals surface area contributed by atoms with Gasteiger partial charge in [-0.3, -0.25) is 9.59 Å². The number of nitrogens with one attached hydrogen (secondary N) is 1. The van der Waals surface area contributed by atoms with Crippen LogP contribution in [0.25, 0.3) is 6.08 Å². The van der Waals surface area contributed by atoms with E-state index in [1.54, 1.807) is 17.1 Å². The van der Waals surface area contributed by atoms with E-state index in [2.05, 4.69) is 5.32 Å². The molecule has 5 heteroatoms. The lowest BCUT2D eigenvalue weighted by Crippen LogP contribution is -2.37. The second-order valence-electron chi connectivity index (χ2n) is 6.59. The maximum atomic E-state index is 12.0. The highest BCUT2D eigenvalue weighted by Gasteiger charge is 2.21. The van der Waals surface area contributed by atoms with E-state index in [4.69, 9.17) is 0 Å². The van der Waals surface area contributed by atoms with Crippen molar-refractivity contribution in [3.05, 3.63) is 35.9 Å². The third kappa shape index (κ3) is 4.23.